The van der Waals surface area contributed by atoms with Crippen LogP contribution in [-0.4, -0.2) is 38.1 Å². The molecular formula is C21H25N4O7P. The minimum Gasteiger partial charge on any atom is -0.505 e. The van der Waals surface area contributed by atoms with Crippen molar-refractivity contribution in [1.29, 1.82) is 0 Å². The van der Waals surface area contributed by atoms with E-state index < -0.39 is 20.2 Å². The number of nitrogens with zero attached hydrogens (tertiary/aromatic N) is 3. The molecule has 3 rings (SSSR count). The zero-order valence-corrected chi connectivity index (χ0v) is 18.9. The summed E-state index contributed by atoms with van der Waals surface area (Å²) in [5, 5.41) is 21.1. The first-order valence-electron chi connectivity index (χ1n) is 10.4. The van der Waals surface area contributed by atoms with E-state index in [-0.39, 0.29) is 34.6 Å². The van der Waals surface area contributed by atoms with Crippen LogP contribution in [0.2, 0.25) is 0 Å². The SMILES string of the molecule is Cc1nc(N=Nc2ccc(C(=O)NC3CCCCC3)cc2)c(COP(=O)(O)O)c(C=O)c1O. The smallest absolute Gasteiger partial charge is 0.469 e. The van der Waals surface area contributed by atoms with Crippen LogP contribution in [0.4, 0.5) is 11.5 Å². The number of phosphoric ester groups is 1. The number of hydrogen-bond donors (Lipinski definition) is 4. The van der Waals surface area contributed by atoms with Gasteiger partial charge in [-0.25, -0.2) is 9.55 Å². The van der Waals surface area contributed by atoms with Crippen LogP contribution in [0, 0.1) is 6.92 Å². The van der Waals surface area contributed by atoms with Crippen LogP contribution in [0.3, 0.4) is 0 Å². The van der Waals surface area contributed by atoms with Gasteiger partial charge < -0.3 is 20.2 Å². The number of rotatable bonds is 8. The molecule has 12 heteroatoms. The molecule has 1 saturated carbocycles. The van der Waals surface area contributed by atoms with Crippen molar-refractivity contribution in [2.75, 3.05) is 0 Å². The molecule has 1 amide bonds. The third-order valence-electron chi connectivity index (χ3n) is 5.29. The lowest BCUT2D eigenvalue weighted by Crippen LogP contribution is -2.36. The van der Waals surface area contributed by atoms with Crippen LogP contribution in [0.15, 0.2) is 34.5 Å². The van der Waals surface area contributed by atoms with Gasteiger partial charge in [-0.3, -0.25) is 14.1 Å². The highest BCUT2D eigenvalue weighted by Crippen LogP contribution is 2.40. The van der Waals surface area contributed by atoms with Crippen molar-refractivity contribution in [2.24, 2.45) is 10.2 Å². The van der Waals surface area contributed by atoms with Gasteiger partial charge in [0.25, 0.3) is 5.91 Å². The molecule has 4 N–H and O–H groups in total. The molecule has 0 spiro atoms. The Kier molecular flexibility index (Phi) is 8.04. The molecule has 1 aliphatic carbocycles. The van der Waals surface area contributed by atoms with Gasteiger partial charge in [0.05, 0.1) is 23.6 Å². The Labute approximate surface area is 190 Å². The molecule has 0 aliphatic heterocycles. The molecule has 0 bridgehead atoms. The standard InChI is InChI=1S/C21H25N4O7P/c1-13-19(27)17(11-26)18(12-32-33(29,30)31)20(22-13)25-24-16-9-7-14(8-10-16)21(28)23-15-5-3-2-4-6-15/h7-11,15,27H,2-6,12H2,1H3,(H,23,28)(H2,29,30,31). The number of aryl methyl sites for hydroxylation is 1. The van der Waals surface area contributed by atoms with Crippen molar-refractivity contribution in [3.8, 4) is 5.75 Å². The maximum atomic E-state index is 12.4. The van der Waals surface area contributed by atoms with Crippen molar-refractivity contribution in [2.45, 2.75) is 51.7 Å². The van der Waals surface area contributed by atoms with Crippen molar-refractivity contribution in [3.05, 3.63) is 46.6 Å². The molecule has 0 saturated heterocycles. The lowest BCUT2D eigenvalue weighted by molar-refractivity contribution is 0.0927. The molecule has 0 radical (unpaired) electrons. The zero-order chi connectivity index (χ0) is 24.0. The largest absolute Gasteiger partial charge is 0.505 e. The monoisotopic (exact) mass is 476 g/mol. The van der Waals surface area contributed by atoms with E-state index in [9.17, 15) is 19.3 Å². The first-order valence-corrected chi connectivity index (χ1v) is 11.9. The highest BCUT2D eigenvalue weighted by Gasteiger charge is 2.22. The fraction of sp³-hybridized carbons (Fsp3) is 0.381. The third-order valence-corrected chi connectivity index (χ3v) is 5.76. The maximum absolute atomic E-state index is 12.4. The van der Waals surface area contributed by atoms with Crippen LogP contribution >= 0.6 is 7.82 Å². The molecule has 2 aromatic rings. The summed E-state index contributed by atoms with van der Waals surface area (Å²) >= 11 is 0. The van der Waals surface area contributed by atoms with E-state index in [1.165, 1.54) is 13.3 Å². The van der Waals surface area contributed by atoms with Gasteiger partial charge in [-0.15, -0.1) is 10.2 Å². The van der Waals surface area contributed by atoms with Crippen molar-refractivity contribution in [3.63, 3.8) is 0 Å². The quantitative estimate of drug-likeness (QED) is 0.252. The first kappa shape index (κ1) is 24.7. The molecule has 1 aromatic heterocycles. The molecule has 176 valence electrons. The number of benzene rings is 1. The summed E-state index contributed by atoms with van der Waals surface area (Å²) in [5.74, 6) is -0.740. The minimum absolute atomic E-state index is 0.0840. The summed E-state index contributed by atoms with van der Waals surface area (Å²) in [6.45, 7) is 0.725. The van der Waals surface area contributed by atoms with Crippen LogP contribution in [0.25, 0.3) is 0 Å². The number of aromatic hydroxyl groups is 1. The lowest BCUT2D eigenvalue weighted by atomic mass is 9.95. The van der Waals surface area contributed by atoms with E-state index in [0.29, 0.717) is 17.5 Å². The van der Waals surface area contributed by atoms with E-state index in [1.54, 1.807) is 24.3 Å². The average Bonchev–Trinajstić information content (AvgIpc) is 2.79. The Morgan fingerprint density at radius 2 is 1.88 bits per heavy atom. The normalized spacial score (nSPS) is 15.0. The van der Waals surface area contributed by atoms with Crippen LogP contribution in [0.5, 0.6) is 5.75 Å². The van der Waals surface area contributed by atoms with E-state index in [1.807, 2.05) is 0 Å². The summed E-state index contributed by atoms with van der Waals surface area (Å²) in [4.78, 5) is 45.9. The van der Waals surface area contributed by atoms with E-state index in [0.717, 1.165) is 25.7 Å². The number of pyridine rings is 1. The number of nitrogens with one attached hydrogen (secondary N) is 1. The molecule has 33 heavy (non-hydrogen) atoms. The van der Waals surface area contributed by atoms with Gasteiger partial charge in [-0.05, 0) is 44.0 Å². The fourth-order valence-electron chi connectivity index (χ4n) is 3.54. The van der Waals surface area contributed by atoms with E-state index >= 15 is 0 Å². The van der Waals surface area contributed by atoms with Crippen LogP contribution in [0.1, 0.15) is 64.1 Å². The number of azo groups is 1. The Morgan fingerprint density at radius 3 is 2.48 bits per heavy atom. The van der Waals surface area contributed by atoms with Gasteiger partial charge in [0.1, 0.15) is 5.75 Å². The third kappa shape index (κ3) is 6.75. The van der Waals surface area contributed by atoms with E-state index in [4.69, 9.17) is 9.79 Å². The number of hydrogen-bond acceptors (Lipinski definition) is 8. The number of carbonyl (C=O) groups excluding carboxylic acids is 2. The molecule has 1 aromatic carbocycles. The summed E-state index contributed by atoms with van der Waals surface area (Å²) in [6.07, 6.45) is 5.70. The van der Waals surface area contributed by atoms with Crippen LogP contribution < -0.4 is 5.32 Å². The van der Waals surface area contributed by atoms with E-state index in [2.05, 4.69) is 25.1 Å². The number of carbonyl (C=O) groups is 2. The second-order valence-corrected chi connectivity index (χ2v) is 8.94. The predicted molar refractivity (Wildman–Crippen MR) is 118 cm³/mol. The van der Waals surface area contributed by atoms with Crippen molar-refractivity contribution in [1.82, 2.24) is 10.3 Å². The van der Waals surface area contributed by atoms with Gasteiger partial charge in [0.2, 0.25) is 0 Å². The molecular weight excluding hydrogens is 451 g/mol. The fourth-order valence-corrected chi connectivity index (χ4v) is 3.84. The molecule has 0 atom stereocenters. The van der Waals surface area contributed by atoms with Gasteiger partial charge in [0, 0.05) is 17.2 Å². The average molecular weight is 476 g/mol. The summed E-state index contributed by atoms with van der Waals surface area (Å²) in [6, 6.07) is 6.57. The summed E-state index contributed by atoms with van der Waals surface area (Å²) in [5.41, 5.74) is 0.576. The highest BCUT2D eigenvalue weighted by molar-refractivity contribution is 7.46. The Morgan fingerprint density at radius 1 is 1.21 bits per heavy atom. The predicted octanol–water partition coefficient (Wildman–Crippen LogP) is 4.00. The Balaban J connectivity index is 1.79. The van der Waals surface area contributed by atoms with Crippen molar-refractivity contribution < 1.29 is 33.6 Å². The number of aldehydes is 1. The van der Waals surface area contributed by atoms with Gasteiger partial charge in [-0.1, -0.05) is 19.3 Å². The number of aromatic nitrogens is 1. The Hall–Kier alpha value is -2.98. The zero-order valence-electron chi connectivity index (χ0n) is 18.0. The molecule has 1 aliphatic rings. The minimum atomic E-state index is -4.85. The molecule has 0 unspecified atom stereocenters. The highest BCUT2D eigenvalue weighted by atomic mass is 31.2. The first-order chi connectivity index (χ1) is 15.7. The van der Waals surface area contributed by atoms with Crippen LogP contribution in [-0.2, 0) is 15.7 Å². The number of phosphoric acid groups is 1. The second-order valence-electron chi connectivity index (χ2n) is 7.70. The molecule has 1 fully saturated rings. The lowest BCUT2D eigenvalue weighted by Gasteiger charge is -2.22. The Bertz CT molecular complexity index is 1090. The maximum Gasteiger partial charge on any atom is 0.469 e. The second kappa shape index (κ2) is 10.8. The molecule has 1 heterocycles. The van der Waals surface area contributed by atoms with Gasteiger partial charge in [-0.2, -0.15) is 0 Å². The summed E-state index contributed by atoms with van der Waals surface area (Å²) in [7, 11) is -4.85. The number of amides is 1. The molecule has 11 nitrogen and oxygen atoms in total. The summed E-state index contributed by atoms with van der Waals surface area (Å²) < 4.78 is 15.5. The topological polar surface area (TPSA) is 171 Å². The van der Waals surface area contributed by atoms with Crippen molar-refractivity contribution >= 4 is 31.5 Å². The van der Waals surface area contributed by atoms with Gasteiger partial charge in [0.15, 0.2) is 12.1 Å². The van der Waals surface area contributed by atoms with Gasteiger partial charge >= 0.3 is 7.82 Å².